The summed E-state index contributed by atoms with van der Waals surface area (Å²) in [5, 5.41) is 0. The smallest absolute Gasteiger partial charge is 0.234 e. The summed E-state index contributed by atoms with van der Waals surface area (Å²) in [6.45, 7) is 2.14. The molecule has 68 valence electrons. The largest absolute Gasteiger partial charge is 0.247 e. The molecule has 0 spiro atoms. The molecule has 3 heteroatoms. The first-order valence-electron chi connectivity index (χ1n) is 4.41. The van der Waals surface area contributed by atoms with Crippen molar-refractivity contribution in [3.63, 3.8) is 0 Å². The maximum absolute atomic E-state index is 12.8. The molecule has 1 aliphatic carbocycles. The molecule has 0 amide bonds. The number of aliphatic imine (C=N–C) groups is 1. The van der Waals surface area contributed by atoms with E-state index in [2.05, 4.69) is 4.99 Å². The van der Waals surface area contributed by atoms with Gasteiger partial charge in [-0.2, -0.15) is 0 Å². The number of alkyl halides is 1. The Bertz CT molecular complexity index is 187. The van der Waals surface area contributed by atoms with Gasteiger partial charge in [0.15, 0.2) is 0 Å². The molecule has 0 saturated heterocycles. The van der Waals surface area contributed by atoms with Gasteiger partial charge in [-0.05, 0) is 38.0 Å². The van der Waals surface area contributed by atoms with E-state index < -0.39 is 6.17 Å². The number of hydrogen-bond donors (Lipinski definition) is 0. The fourth-order valence-corrected chi connectivity index (χ4v) is 1.86. The van der Waals surface area contributed by atoms with E-state index in [0.717, 1.165) is 19.3 Å². The summed E-state index contributed by atoms with van der Waals surface area (Å²) >= 11 is 0. The van der Waals surface area contributed by atoms with Crippen LogP contribution in [0.15, 0.2) is 4.99 Å². The predicted octanol–water partition coefficient (Wildman–Crippen LogP) is 2.10. The lowest BCUT2D eigenvalue weighted by Crippen LogP contribution is -2.09. The van der Waals surface area contributed by atoms with E-state index >= 15 is 0 Å². The first-order chi connectivity index (χ1) is 5.74. The van der Waals surface area contributed by atoms with Crippen molar-refractivity contribution in [1.29, 1.82) is 0 Å². The lowest BCUT2D eigenvalue weighted by atomic mass is 10.0. The normalized spacial score (nSPS) is 31.2. The standard InChI is InChI=1S/C9H14FNO/c1-7(10)9-3-2-8(4-9)5-11-6-12/h7-9H,2-5H2,1H3. The average Bonchev–Trinajstić information content (AvgIpc) is 2.48. The second-order valence-electron chi connectivity index (χ2n) is 3.55. The molecular formula is C9H14FNO. The summed E-state index contributed by atoms with van der Waals surface area (Å²) in [4.78, 5) is 13.3. The molecule has 0 N–H and O–H groups in total. The van der Waals surface area contributed by atoms with Crippen molar-refractivity contribution in [3.8, 4) is 0 Å². The van der Waals surface area contributed by atoms with Crippen molar-refractivity contribution in [2.24, 2.45) is 16.8 Å². The molecule has 1 saturated carbocycles. The van der Waals surface area contributed by atoms with Gasteiger partial charge in [0.1, 0.15) is 6.17 Å². The molecule has 0 aliphatic heterocycles. The Morgan fingerprint density at radius 1 is 1.67 bits per heavy atom. The third-order valence-electron chi connectivity index (χ3n) is 2.65. The zero-order valence-corrected chi connectivity index (χ0v) is 7.29. The highest BCUT2D eigenvalue weighted by molar-refractivity contribution is 5.32. The lowest BCUT2D eigenvalue weighted by molar-refractivity contribution is 0.247. The summed E-state index contributed by atoms with van der Waals surface area (Å²) in [7, 11) is 0. The summed E-state index contributed by atoms with van der Waals surface area (Å²) in [5.74, 6) is 0.603. The second kappa shape index (κ2) is 4.36. The molecule has 0 heterocycles. The minimum absolute atomic E-state index is 0.192. The Kier molecular flexibility index (Phi) is 3.42. The third kappa shape index (κ3) is 2.42. The van der Waals surface area contributed by atoms with Gasteiger partial charge in [0.25, 0.3) is 0 Å². The van der Waals surface area contributed by atoms with E-state index in [1.165, 1.54) is 6.08 Å². The predicted molar refractivity (Wildman–Crippen MR) is 44.4 cm³/mol. The molecular weight excluding hydrogens is 157 g/mol. The van der Waals surface area contributed by atoms with Gasteiger partial charge in [-0.25, -0.2) is 14.2 Å². The Morgan fingerprint density at radius 3 is 2.92 bits per heavy atom. The summed E-state index contributed by atoms with van der Waals surface area (Å²) in [5.41, 5.74) is 0. The van der Waals surface area contributed by atoms with Crippen molar-refractivity contribution in [2.45, 2.75) is 32.4 Å². The molecule has 12 heavy (non-hydrogen) atoms. The van der Waals surface area contributed by atoms with E-state index in [1.807, 2.05) is 0 Å². The SMILES string of the molecule is CC(F)C1CCC(CN=C=O)C1. The van der Waals surface area contributed by atoms with Crippen LogP contribution in [0, 0.1) is 11.8 Å². The monoisotopic (exact) mass is 171 g/mol. The van der Waals surface area contributed by atoms with Gasteiger partial charge in [0.2, 0.25) is 6.08 Å². The van der Waals surface area contributed by atoms with Crippen molar-refractivity contribution in [2.75, 3.05) is 6.54 Å². The van der Waals surface area contributed by atoms with Crippen LogP contribution in [0.5, 0.6) is 0 Å². The number of hydrogen-bond acceptors (Lipinski definition) is 2. The Balaban J connectivity index is 2.30. The van der Waals surface area contributed by atoms with Crippen LogP contribution in [0.3, 0.4) is 0 Å². The first kappa shape index (κ1) is 9.40. The van der Waals surface area contributed by atoms with E-state index in [4.69, 9.17) is 0 Å². The summed E-state index contributed by atoms with van der Waals surface area (Å²) in [6, 6.07) is 0. The molecule has 0 aromatic carbocycles. The van der Waals surface area contributed by atoms with E-state index in [-0.39, 0.29) is 5.92 Å². The Labute approximate surface area is 71.9 Å². The van der Waals surface area contributed by atoms with Gasteiger partial charge in [-0.15, -0.1) is 0 Å². The van der Waals surface area contributed by atoms with Crippen LogP contribution in [0.1, 0.15) is 26.2 Å². The average molecular weight is 171 g/mol. The van der Waals surface area contributed by atoms with E-state index in [0.29, 0.717) is 12.5 Å². The minimum atomic E-state index is -0.713. The van der Waals surface area contributed by atoms with E-state index in [9.17, 15) is 9.18 Å². The molecule has 1 aliphatic rings. The highest BCUT2D eigenvalue weighted by Crippen LogP contribution is 2.34. The second-order valence-corrected chi connectivity index (χ2v) is 3.55. The van der Waals surface area contributed by atoms with Gasteiger partial charge in [-0.1, -0.05) is 0 Å². The molecule has 1 rings (SSSR count). The number of nitrogens with zero attached hydrogens (tertiary/aromatic N) is 1. The van der Waals surface area contributed by atoms with Gasteiger partial charge >= 0.3 is 0 Å². The maximum Gasteiger partial charge on any atom is 0.234 e. The summed E-state index contributed by atoms with van der Waals surface area (Å²) in [6.07, 6.45) is 3.63. The molecule has 0 aromatic rings. The van der Waals surface area contributed by atoms with Crippen LogP contribution in [0.4, 0.5) is 4.39 Å². The lowest BCUT2D eigenvalue weighted by Gasteiger charge is -2.09. The van der Waals surface area contributed by atoms with Gasteiger partial charge in [-0.3, -0.25) is 0 Å². The fourth-order valence-electron chi connectivity index (χ4n) is 1.86. The molecule has 2 nitrogen and oxygen atoms in total. The fraction of sp³-hybridized carbons (Fsp3) is 0.889. The van der Waals surface area contributed by atoms with Gasteiger partial charge in [0, 0.05) is 0 Å². The minimum Gasteiger partial charge on any atom is -0.247 e. The number of halogens is 1. The highest BCUT2D eigenvalue weighted by atomic mass is 19.1. The van der Waals surface area contributed by atoms with Crippen LogP contribution in [0.2, 0.25) is 0 Å². The molecule has 3 unspecified atom stereocenters. The molecule has 1 fully saturated rings. The molecule has 3 atom stereocenters. The Hall–Kier alpha value is -0.690. The third-order valence-corrected chi connectivity index (χ3v) is 2.65. The van der Waals surface area contributed by atoms with Crippen LogP contribution in [-0.4, -0.2) is 18.8 Å². The number of isocyanates is 1. The number of carbonyl (C=O) groups excluding carboxylic acids is 1. The topological polar surface area (TPSA) is 29.4 Å². The maximum atomic E-state index is 12.8. The van der Waals surface area contributed by atoms with Crippen LogP contribution in [-0.2, 0) is 4.79 Å². The molecule has 0 radical (unpaired) electrons. The van der Waals surface area contributed by atoms with Crippen molar-refractivity contribution in [1.82, 2.24) is 0 Å². The van der Waals surface area contributed by atoms with Crippen LogP contribution in [0.25, 0.3) is 0 Å². The zero-order chi connectivity index (χ0) is 8.97. The first-order valence-corrected chi connectivity index (χ1v) is 4.41. The highest BCUT2D eigenvalue weighted by Gasteiger charge is 2.28. The Morgan fingerprint density at radius 2 is 2.42 bits per heavy atom. The molecule has 0 bridgehead atoms. The van der Waals surface area contributed by atoms with Crippen LogP contribution >= 0.6 is 0 Å². The number of rotatable bonds is 3. The van der Waals surface area contributed by atoms with Gasteiger partial charge in [0.05, 0.1) is 6.54 Å². The van der Waals surface area contributed by atoms with Crippen molar-refractivity contribution >= 4 is 6.08 Å². The van der Waals surface area contributed by atoms with Crippen molar-refractivity contribution in [3.05, 3.63) is 0 Å². The van der Waals surface area contributed by atoms with Crippen molar-refractivity contribution < 1.29 is 9.18 Å². The van der Waals surface area contributed by atoms with Gasteiger partial charge < -0.3 is 0 Å². The van der Waals surface area contributed by atoms with Crippen LogP contribution < -0.4 is 0 Å². The quantitative estimate of drug-likeness (QED) is 0.472. The van der Waals surface area contributed by atoms with E-state index in [1.54, 1.807) is 6.92 Å². The summed E-state index contributed by atoms with van der Waals surface area (Å²) < 4.78 is 12.8. The zero-order valence-electron chi connectivity index (χ0n) is 7.29. The molecule has 0 aromatic heterocycles.